The number of nitrogens with one attached hydrogen (secondary N) is 1. The zero-order chi connectivity index (χ0) is 23.5. The topological polar surface area (TPSA) is 108 Å². The Morgan fingerprint density at radius 2 is 1.76 bits per heavy atom. The molecule has 10 heteroatoms. The molecule has 0 saturated carbocycles. The number of rotatable bonds is 6. The first-order valence-electron chi connectivity index (χ1n) is 11.1. The van der Waals surface area contributed by atoms with Gasteiger partial charge in [0.25, 0.3) is 5.56 Å². The van der Waals surface area contributed by atoms with E-state index in [0.29, 0.717) is 48.7 Å². The average Bonchev–Trinajstić information content (AvgIpc) is 3.34. The summed E-state index contributed by atoms with van der Waals surface area (Å²) >= 11 is 0. The van der Waals surface area contributed by atoms with Crippen molar-refractivity contribution in [2.45, 2.75) is 19.4 Å². The lowest BCUT2D eigenvalue weighted by Crippen LogP contribution is -2.48. The molecule has 9 nitrogen and oxygen atoms in total. The molecule has 34 heavy (non-hydrogen) atoms. The van der Waals surface area contributed by atoms with Crippen LogP contribution in [0.3, 0.4) is 0 Å². The van der Waals surface area contributed by atoms with Crippen LogP contribution in [0.1, 0.15) is 18.0 Å². The van der Waals surface area contributed by atoms with Crippen molar-refractivity contribution in [2.24, 2.45) is 0 Å². The van der Waals surface area contributed by atoms with E-state index in [4.69, 9.17) is 4.52 Å². The summed E-state index contributed by atoms with van der Waals surface area (Å²) in [7, 11) is 0. The number of halogens is 1. The van der Waals surface area contributed by atoms with Crippen molar-refractivity contribution in [3.8, 4) is 11.4 Å². The number of carbonyl (C=O) groups is 1. The molecular formula is C24H23FN6O3. The summed E-state index contributed by atoms with van der Waals surface area (Å²) in [6, 6.07) is 13.3. The first-order valence-corrected chi connectivity index (χ1v) is 11.1. The molecule has 0 aliphatic carbocycles. The van der Waals surface area contributed by atoms with Gasteiger partial charge in [-0.2, -0.15) is 10.1 Å². The number of aromatic nitrogens is 4. The Balaban J connectivity index is 1.13. The highest BCUT2D eigenvalue weighted by atomic mass is 19.1. The van der Waals surface area contributed by atoms with Crippen molar-refractivity contribution in [1.82, 2.24) is 30.1 Å². The van der Waals surface area contributed by atoms with E-state index < -0.39 is 0 Å². The number of aromatic amines is 1. The van der Waals surface area contributed by atoms with E-state index in [1.807, 2.05) is 23.1 Å². The van der Waals surface area contributed by atoms with Gasteiger partial charge in [0.15, 0.2) is 0 Å². The number of carbonyl (C=O) groups excluding carboxylic acids is 1. The van der Waals surface area contributed by atoms with E-state index in [1.165, 1.54) is 12.1 Å². The van der Waals surface area contributed by atoms with Crippen LogP contribution in [0.25, 0.3) is 22.2 Å². The minimum absolute atomic E-state index is 0.0359. The molecule has 0 bridgehead atoms. The third-order valence-electron chi connectivity index (χ3n) is 6.00. The quantitative estimate of drug-likeness (QED) is 0.469. The molecule has 0 unspecified atom stereocenters. The third kappa shape index (κ3) is 4.72. The molecule has 1 aliphatic rings. The van der Waals surface area contributed by atoms with E-state index in [2.05, 4.69) is 25.2 Å². The Morgan fingerprint density at radius 1 is 1.03 bits per heavy atom. The molecule has 1 fully saturated rings. The van der Waals surface area contributed by atoms with Crippen molar-refractivity contribution in [1.29, 1.82) is 0 Å². The van der Waals surface area contributed by atoms with Crippen LogP contribution in [0, 0.1) is 5.82 Å². The van der Waals surface area contributed by atoms with Crippen LogP contribution < -0.4 is 5.56 Å². The second kappa shape index (κ2) is 9.52. The number of fused-ring (bicyclic) bond motifs is 1. The summed E-state index contributed by atoms with van der Waals surface area (Å²) < 4.78 is 18.3. The van der Waals surface area contributed by atoms with Crippen molar-refractivity contribution in [2.75, 3.05) is 26.2 Å². The van der Waals surface area contributed by atoms with Crippen LogP contribution in [0.4, 0.5) is 4.39 Å². The number of piperazine rings is 1. The fourth-order valence-electron chi connectivity index (χ4n) is 4.10. The average molecular weight is 462 g/mol. The van der Waals surface area contributed by atoms with Gasteiger partial charge in [0.1, 0.15) is 5.82 Å². The maximum Gasteiger partial charge on any atom is 0.272 e. The standard InChI is InChI=1S/C24H23FN6O3/c25-17-7-5-16(6-8-17)23-26-21(34-29-23)9-10-22(32)31-13-11-30(12-14-31)15-20-18-3-1-2-4-19(18)24(33)28-27-20/h1-8H,9-15H2,(H,28,33). The van der Waals surface area contributed by atoms with Gasteiger partial charge in [0.05, 0.1) is 11.1 Å². The van der Waals surface area contributed by atoms with Gasteiger partial charge < -0.3 is 9.42 Å². The number of hydrogen-bond donors (Lipinski definition) is 1. The molecule has 1 saturated heterocycles. The predicted octanol–water partition coefficient (Wildman–Crippen LogP) is 2.39. The maximum absolute atomic E-state index is 13.1. The molecule has 4 aromatic rings. The summed E-state index contributed by atoms with van der Waals surface area (Å²) in [5, 5.41) is 12.2. The van der Waals surface area contributed by atoms with E-state index >= 15 is 0 Å². The van der Waals surface area contributed by atoms with Gasteiger partial charge in [-0.25, -0.2) is 9.49 Å². The molecule has 2 aromatic heterocycles. The number of H-pyrrole nitrogens is 1. The smallest absolute Gasteiger partial charge is 0.272 e. The Morgan fingerprint density at radius 3 is 2.53 bits per heavy atom. The second-order valence-electron chi connectivity index (χ2n) is 8.22. The summed E-state index contributed by atoms with van der Waals surface area (Å²) in [5.41, 5.74) is 1.28. The molecule has 2 aromatic carbocycles. The van der Waals surface area contributed by atoms with Gasteiger partial charge in [-0.15, -0.1) is 0 Å². The van der Waals surface area contributed by atoms with Gasteiger partial charge in [0, 0.05) is 56.5 Å². The maximum atomic E-state index is 13.1. The first-order chi connectivity index (χ1) is 16.6. The summed E-state index contributed by atoms with van der Waals surface area (Å²) in [4.78, 5) is 33.0. The number of nitrogens with zero attached hydrogens (tertiary/aromatic N) is 5. The molecule has 3 heterocycles. The fraction of sp³-hybridized carbons (Fsp3) is 0.292. The SMILES string of the molecule is O=C(CCc1nc(-c2ccc(F)cc2)no1)N1CCN(Cc2n[nH]c(=O)c3ccccc23)CC1. The highest BCUT2D eigenvalue weighted by Gasteiger charge is 2.22. The van der Waals surface area contributed by atoms with Gasteiger partial charge in [-0.05, 0) is 30.3 Å². The predicted molar refractivity (Wildman–Crippen MR) is 122 cm³/mol. The number of benzene rings is 2. The highest BCUT2D eigenvalue weighted by molar-refractivity contribution is 5.83. The molecule has 1 N–H and O–H groups in total. The Bertz CT molecular complexity index is 1360. The molecular weight excluding hydrogens is 439 g/mol. The van der Waals surface area contributed by atoms with E-state index in [-0.39, 0.29) is 23.7 Å². The Kier molecular flexibility index (Phi) is 6.13. The molecule has 1 amide bonds. The number of aryl methyl sites for hydroxylation is 1. The summed E-state index contributed by atoms with van der Waals surface area (Å²) in [6.07, 6.45) is 0.623. The van der Waals surface area contributed by atoms with Crippen LogP contribution in [0.2, 0.25) is 0 Å². The monoisotopic (exact) mass is 462 g/mol. The minimum Gasteiger partial charge on any atom is -0.340 e. The lowest BCUT2D eigenvalue weighted by Gasteiger charge is -2.34. The minimum atomic E-state index is -0.332. The van der Waals surface area contributed by atoms with Crippen LogP contribution in [0.5, 0.6) is 0 Å². The zero-order valence-corrected chi connectivity index (χ0v) is 18.4. The lowest BCUT2D eigenvalue weighted by molar-refractivity contribution is -0.133. The fourth-order valence-corrected chi connectivity index (χ4v) is 4.10. The molecule has 174 valence electrons. The molecule has 0 radical (unpaired) electrons. The third-order valence-corrected chi connectivity index (χ3v) is 6.00. The molecule has 0 spiro atoms. The molecule has 0 atom stereocenters. The normalized spacial score (nSPS) is 14.6. The second-order valence-corrected chi connectivity index (χ2v) is 8.22. The van der Waals surface area contributed by atoms with E-state index in [9.17, 15) is 14.0 Å². The largest absolute Gasteiger partial charge is 0.340 e. The van der Waals surface area contributed by atoms with Gasteiger partial charge in [0.2, 0.25) is 17.6 Å². The lowest BCUT2D eigenvalue weighted by atomic mass is 10.1. The van der Waals surface area contributed by atoms with Gasteiger partial charge in [-0.3, -0.25) is 14.5 Å². The highest BCUT2D eigenvalue weighted by Crippen LogP contribution is 2.18. The van der Waals surface area contributed by atoms with Crippen LogP contribution in [-0.4, -0.2) is 62.2 Å². The van der Waals surface area contributed by atoms with Crippen LogP contribution in [0.15, 0.2) is 57.8 Å². The van der Waals surface area contributed by atoms with Crippen molar-refractivity contribution >= 4 is 16.7 Å². The zero-order valence-electron chi connectivity index (χ0n) is 18.4. The molecule has 5 rings (SSSR count). The van der Waals surface area contributed by atoms with Gasteiger partial charge >= 0.3 is 0 Å². The molecule has 1 aliphatic heterocycles. The van der Waals surface area contributed by atoms with Gasteiger partial charge in [-0.1, -0.05) is 23.4 Å². The van der Waals surface area contributed by atoms with Crippen LogP contribution >= 0.6 is 0 Å². The van der Waals surface area contributed by atoms with Crippen molar-refractivity contribution < 1.29 is 13.7 Å². The van der Waals surface area contributed by atoms with E-state index in [0.717, 1.165) is 24.2 Å². The summed E-state index contributed by atoms with van der Waals surface area (Å²) in [6.45, 7) is 3.27. The Hall–Kier alpha value is -3.92. The first kappa shape index (κ1) is 21.9. The van der Waals surface area contributed by atoms with Crippen molar-refractivity contribution in [3.05, 3.63) is 76.3 Å². The summed E-state index contributed by atoms with van der Waals surface area (Å²) in [5.74, 6) is 0.456. The van der Waals surface area contributed by atoms with Crippen LogP contribution in [-0.2, 0) is 17.8 Å². The number of hydrogen-bond acceptors (Lipinski definition) is 7. The van der Waals surface area contributed by atoms with E-state index in [1.54, 1.807) is 18.2 Å². The Labute approximate surface area is 194 Å². The van der Waals surface area contributed by atoms with Crippen molar-refractivity contribution in [3.63, 3.8) is 0 Å². The number of amides is 1.